The molecule has 0 aliphatic carbocycles. The molecule has 0 aliphatic heterocycles. The highest BCUT2D eigenvalue weighted by Crippen LogP contribution is 2.28. The Morgan fingerprint density at radius 1 is 1.43 bits per heavy atom. The van der Waals surface area contributed by atoms with E-state index in [0.717, 1.165) is 0 Å². The Balaban J connectivity index is 2.84. The van der Waals surface area contributed by atoms with Crippen LogP contribution in [-0.2, 0) is 0 Å². The first kappa shape index (κ1) is 10.6. The van der Waals surface area contributed by atoms with Gasteiger partial charge >= 0.3 is 6.61 Å². The van der Waals surface area contributed by atoms with Crippen molar-refractivity contribution in [3.63, 3.8) is 0 Å². The van der Waals surface area contributed by atoms with Crippen molar-refractivity contribution < 1.29 is 18.3 Å². The predicted molar refractivity (Wildman–Crippen MR) is 48.7 cm³/mol. The number of rotatable bonds is 4. The average molecular weight is 203 g/mol. The maximum absolute atomic E-state index is 11.9. The van der Waals surface area contributed by atoms with Crippen LogP contribution in [0.2, 0.25) is 0 Å². The topological polar surface area (TPSA) is 44.5 Å². The van der Waals surface area contributed by atoms with Gasteiger partial charge in [0.1, 0.15) is 5.75 Å². The second-order valence-electron chi connectivity index (χ2n) is 2.51. The first-order valence-corrected chi connectivity index (χ1v) is 4.10. The van der Waals surface area contributed by atoms with Crippen LogP contribution in [0.1, 0.15) is 6.92 Å². The van der Waals surface area contributed by atoms with Crippen LogP contribution in [0, 0.1) is 0 Å². The Bertz CT molecular complexity index is 305. The van der Waals surface area contributed by atoms with Gasteiger partial charge in [-0.1, -0.05) is 0 Å². The van der Waals surface area contributed by atoms with Crippen molar-refractivity contribution in [2.75, 3.05) is 12.3 Å². The zero-order chi connectivity index (χ0) is 10.6. The first-order valence-electron chi connectivity index (χ1n) is 4.10. The van der Waals surface area contributed by atoms with E-state index < -0.39 is 6.61 Å². The van der Waals surface area contributed by atoms with Crippen LogP contribution in [0.5, 0.6) is 11.5 Å². The summed E-state index contributed by atoms with van der Waals surface area (Å²) in [6.07, 6.45) is 0. The third-order valence-electron chi connectivity index (χ3n) is 1.51. The fourth-order valence-electron chi connectivity index (χ4n) is 0.969. The van der Waals surface area contributed by atoms with Crippen LogP contribution in [0.15, 0.2) is 18.2 Å². The van der Waals surface area contributed by atoms with Gasteiger partial charge in [0, 0.05) is 6.07 Å². The molecule has 5 heteroatoms. The molecule has 3 nitrogen and oxygen atoms in total. The number of nitrogen functional groups attached to an aromatic ring is 1. The molecule has 0 fully saturated rings. The Morgan fingerprint density at radius 3 is 2.71 bits per heavy atom. The van der Waals surface area contributed by atoms with Crippen molar-refractivity contribution in [2.45, 2.75) is 13.5 Å². The molecule has 14 heavy (non-hydrogen) atoms. The van der Waals surface area contributed by atoms with Crippen molar-refractivity contribution in [1.29, 1.82) is 0 Å². The van der Waals surface area contributed by atoms with E-state index >= 15 is 0 Å². The lowest BCUT2D eigenvalue weighted by molar-refractivity contribution is -0.0494. The second kappa shape index (κ2) is 4.64. The monoisotopic (exact) mass is 203 g/mol. The summed E-state index contributed by atoms with van der Waals surface area (Å²) in [5.74, 6) is 0.392. The maximum atomic E-state index is 11.9. The smallest absolute Gasteiger partial charge is 0.387 e. The standard InChI is InChI=1S/C9H11F2NO2/c1-2-13-6-3-4-7(12)8(5-6)14-9(10)11/h3-5,9H,2,12H2,1H3. The van der Waals surface area contributed by atoms with Gasteiger partial charge in [-0.2, -0.15) is 8.78 Å². The summed E-state index contributed by atoms with van der Waals surface area (Å²) in [5.41, 5.74) is 5.58. The van der Waals surface area contributed by atoms with E-state index in [1.54, 1.807) is 13.0 Å². The Labute approximate surface area is 80.4 Å². The number of ether oxygens (including phenoxy) is 2. The Morgan fingerprint density at radius 2 is 2.14 bits per heavy atom. The van der Waals surface area contributed by atoms with Crippen LogP contribution >= 0.6 is 0 Å². The van der Waals surface area contributed by atoms with Crippen molar-refractivity contribution >= 4 is 5.69 Å². The van der Waals surface area contributed by atoms with Crippen LogP contribution < -0.4 is 15.2 Å². The maximum Gasteiger partial charge on any atom is 0.387 e. The molecule has 0 aliphatic rings. The van der Waals surface area contributed by atoms with Crippen molar-refractivity contribution in [2.24, 2.45) is 0 Å². The molecular weight excluding hydrogens is 192 g/mol. The normalized spacial score (nSPS) is 10.3. The lowest BCUT2D eigenvalue weighted by atomic mass is 10.3. The molecule has 1 aromatic rings. The molecule has 0 aromatic heterocycles. The van der Waals surface area contributed by atoms with Gasteiger partial charge in [-0.25, -0.2) is 0 Å². The van der Waals surface area contributed by atoms with Gasteiger partial charge in [0.05, 0.1) is 12.3 Å². The van der Waals surface area contributed by atoms with Crippen molar-refractivity contribution in [1.82, 2.24) is 0 Å². The molecule has 0 atom stereocenters. The lowest BCUT2D eigenvalue weighted by Gasteiger charge is -2.09. The molecule has 0 saturated heterocycles. The van der Waals surface area contributed by atoms with E-state index in [1.165, 1.54) is 12.1 Å². The molecule has 0 bridgehead atoms. The van der Waals surface area contributed by atoms with Gasteiger partial charge in [0.25, 0.3) is 0 Å². The Hall–Kier alpha value is -1.52. The van der Waals surface area contributed by atoms with Gasteiger partial charge in [0.2, 0.25) is 0 Å². The van der Waals surface area contributed by atoms with E-state index in [0.29, 0.717) is 12.4 Å². The fourth-order valence-corrected chi connectivity index (χ4v) is 0.969. The van der Waals surface area contributed by atoms with E-state index in [1.807, 2.05) is 0 Å². The van der Waals surface area contributed by atoms with E-state index in [4.69, 9.17) is 10.5 Å². The lowest BCUT2D eigenvalue weighted by Crippen LogP contribution is -2.04. The summed E-state index contributed by atoms with van der Waals surface area (Å²) in [7, 11) is 0. The number of hydrogen-bond donors (Lipinski definition) is 1. The zero-order valence-corrected chi connectivity index (χ0v) is 7.67. The molecule has 1 aromatic carbocycles. The molecule has 0 spiro atoms. The molecule has 0 amide bonds. The third-order valence-corrected chi connectivity index (χ3v) is 1.51. The van der Waals surface area contributed by atoms with Gasteiger partial charge in [0.15, 0.2) is 5.75 Å². The SMILES string of the molecule is CCOc1ccc(N)c(OC(F)F)c1. The van der Waals surface area contributed by atoms with Crippen LogP contribution in [0.3, 0.4) is 0 Å². The highest BCUT2D eigenvalue weighted by molar-refractivity contribution is 5.55. The molecule has 1 rings (SSSR count). The van der Waals surface area contributed by atoms with Crippen LogP contribution in [-0.4, -0.2) is 13.2 Å². The quantitative estimate of drug-likeness (QED) is 0.763. The Kier molecular flexibility index (Phi) is 3.50. The minimum atomic E-state index is -2.88. The molecule has 2 N–H and O–H groups in total. The number of hydrogen-bond acceptors (Lipinski definition) is 3. The predicted octanol–water partition coefficient (Wildman–Crippen LogP) is 2.27. The molecule has 0 unspecified atom stereocenters. The van der Waals surface area contributed by atoms with Gasteiger partial charge in [-0.15, -0.1) is 0 Å². The first-order chi connectivity index (χ1) is 6.63. The summed E-state index contributed by atoms with van der Waals surface area (Å²) < 4.78 is 33.1. The summed E-state index contributed by atoms with van der Waals surface area (Å²) in [4.78, 5) is 0. The fraction of sp³-hybridized carbons (Fsp3) is 0.333. The molecule has 0 heterocycles. The molecule has 78 valence electrons. The van der Waals surface area contributed by atoms with Crippen LogP contribution in [0.25, 0.3) is 0 Å². The summed E-state index contributed by atoms with van der Waals surface area (Å²) in [6.45, 7) is -0.628. The largest absolute Gasteiger partial charge is 0.494 e. The van der Waals surface area contributed by atoms with Gasteiger partial charge in [-0.3, -0.25) is 0 Å². The van der Waals surface area contributed by atoms with E-state index in [9.17, 15) is 8.78 Å². The zero-order valence-electron chi connectivity index (χ0n) is 7.67. The highest BCUT2D eigenvalue weighted by Gasteiger charge is 2.08. The molecular formula is C9H11F2NO2. The minimum Gasteiger partial charge on any atom is -0.494 e. The van der Waals surface area contributed by atoms with Gasteiger partial charge in [-0.05, 0) is 19.1 Å². The number of anilines is 1. The number of benzene rings is 1. The summed E-state index contributed by atoms with van der Waals surface area (Å²) >= 11 is 0. The van der Waals surface area contributed by atoms with Crippen LogP contribution in [0.4, 0.5) is 14.5 Å². The number of alkyl halides is 2. The second-order valence-corrected chi connectivity index (χ2v) is 2.51. The molecule has 0 radical (unpaired) electrons. The molecule has 0 saturated carbocycles. The minimum absolute atomic E-state index is 0.0639. The summed E-state index contributed by atoms with van der Waals surface area (Å²) in [6, 6.07) is 4.39. The van der Waals surface area contributed by atoms with E-state index in [-0.39, 0.29) is 11.4 Å². The third kappa shape index (κ3) is 2.76. The summed E-state index contributed by atoms with van der Waals surface area (Å²) in [5, 5.41) is 0. The number of halogens is 2. The number of nitrogens with two attached hydrogens (primary N) is 1. The van der Waals surface area contributed by atoms with Crippen molar-refractivity contribution in [3.05, 3.63) is 18.2 Å². The van der Waals surface area contributed by atoms with Crippen molar-refractivity contribution in [3.8, 4) is 11.5 Å². The van der Waals surface area contributed by atoms with E-state index in [2.05, 4.69) is 4.74 Å². The average Bonchev–Trinajstić information content (AvgIpc) is 2.10. The highest BCUT2D eigenvalue weighted by atomic mass is 19.3. The van der Waals surface area contributed by atoms with Gasteiger partial charge < -0.3 is 15.2 Å².